The van der Waals surface area contributed by atoms with Crippen LogP contribution < -0.4 is 9.47 Å². The average molecular weight is 536 g/mol. The molecule has 2 aliphatic heterocycles. The van der Waals surface area contributed by atoms with Crippen LogP contribution in [0.15, 0.2) is 29.4 Å². The van der Waals surface area contributed by atoms with Crippen molar-refractivity contribution in [1.29, 1.82) is 0 Å². The molecule has 1 amide bonds. The minimum absolute atomic E-state index is 0.0853. The molecule has 9 nitrogen and oxygen atoms in total. The Morgan fingerprint density at radius 1 is 1.08 bits per heavy atom. The van der Waals surface area contributed by atoms with E-state index >= 15 is 0 Å². The van der Waals surface area contributed by atoms with Gasteiger partial charge in [0.1, 0.15) is 18.2 Å². The van der Waals surface area contributed by atoms with Crippen LogP contribution in [0.2, 0.25) is 5.02 Å². The standard InChI is InChI=1S/C25H30ClN3O6S/c1-14(2)33-25(30)29-16-4-5-17(29)11-18(10-16)34-23-15(3)24(28-13-27-23)35-22-9-8-20(12-21(22)26)36(31,32)19-6-7-19/h8-9,12-14,16-19H,4-7,10-11H2,1-3H3/t16-,17?,18?/m0/s1. The average Bonchev–Trinajstić information content (AvgIpc) is 3.63. The van der Waals surface area contributed by atoms with Crippen LogP contribution >= 0.6 is 11.6 Å². The highest BCUT2D eigenvalue weighted by Gasteiger charge is 2.45. The maximum Gasteiger partial charge on any atom is 0.410 e. The number of ether oxygens (including phenoxy) is 3. The van der Waals surface area contributed by atoms with Crippen LogP contribution in [0.5, 0.6) is 17.5 Å². The minimum Gasteiger partial charge on any atom is -0.474 e. The Kier molecular flexibility index (Phi) is 6.76. The molecule has 2 bridgehead atoms. The first-order chi connectivity index (χ1) is 17.1. The van der Waals surface area contributed by atoms with E-state index in [1.165, 1.54) is 18.5 Å². The first-order valence-corrected chi connectivity index (χ1v) is 14.2. The number of fused-ring (bicyclic) bond motifs is 2. The molecule has 2 unspecified atom stereocenters. The lowest BCUT2D eigenvalue weighted by atomic mass is 10.0. The molecule has 5 rings (SSSR count). The molecule has 0 spiro atoms. The normalized spacial score (nSPS) is 23.6. The van der Waals surface area contributed by atoms with Crippen molar-refractivity contribution < 1.29 is 27.4 Å². The Labute approximate surface area is 216 Å². The number of aromatic nitrogens is 2. The van der Waals surface area contributed by atoms with E-state index in [0.29, 0.717) is 42.9 Å². The fourth-order valence-electron chi connectivity index (χ4n) is 5.00. The molecule has 1 aromatic carbocycles. The Morgan fingerprint density at radius 3 is 2.36 bits per heavy atom. The summed E-state index contributed by atoms with van der Waals surface area (Å²) in [4.78, 5) is 23.1. The lowest BCUT2D eigenvalue weighted by molar-refractivity contribution is 0.0206. The van der Waals surface area contributed by atoms with Gasteiger partial charge in [-0.2, -0.15) is 0 Å². The van der Waals surface area contributed by atoms with Gasteiger partial charge in [-0.1, -0.05) is 11.6 Å². The van der Waals surface area contributed by atoms with Crippen molar-refractivity contribution in [1.82, 2.24) is 14.9 Å². The van der Waals surface area contributed by atoms with Crippen LogP contribution in [-0.2, 0) is 14.6 Å². The molecule has 0 N–H and O–H groups in total. The number of carbonyl (C=O) groups is 1. The van der Waals surface area contributed by atoms with Gasteiger partial charge in [-0.15, -0.1) is 0 Å². The maximum atomic E-state index is 12.5. The number of hydrogen-bond donors (Lipinski definition) is 0. The largest absolute Gasteiger partial charge is 0.474 e. The third-order valence-electron chi connectivity index (χ3n) is 6.91. The molecule has 3 atom stereocenters. The molecule has 3 heterocycles. The SMILES string of the molecule is Cc1c(Oc2ccc(S(=O)(=O)C3CC3)cc2Cl)ncnc1OC1CC2CC[C@@H](C1)N2C(=O)OC(C)C. The molecule has 3 fully saturated rings. The summed E-state index contributed by atoms with van der Waals surface area (Å²) in [5.74, 6) is 0.987. The number of piperidine rings is 1. The van der Waals surface area contributed by atoms with Gasteiger partial charge >= 0.3 is 6.09 Å². The van der Waals surface area contributed by atoms with Crippen molar-refractivity contribution in [2.75, 3.05) is 0 Å². The number of amides is 1. The number of halogens is 1. The topological polar surface area (TPSA) is 108 Å². The third kappa shape index (κ3) is 4.98. The zero-order valence-electron chi connectivity index (χ0n) is 20.5. The van der Waals surface area contributed by atoms with Crippen LogP contribution in [0, 0.1) is 6.92 Å². The van der Waals surface area contributed by atoms with E-state index in [0.717, 1.165) is 12.8 Å². The van der Waals surface area contributed by atoms with Crippen molar-refractivity contribution >= 4 is 27.5 Å². The highest BCUT2D eigenvalue weighted by Crippen LogP contribution is 2.40. The molecule has 0 radical (unpaired) electrons. The second kappa shape index (κ2) is 9.70. The van der Waals surface area contributed by atoms with Gasteiger partial charge in [-0.05, 0) is 64.7 Å². The van der Waals surface area contributed by atoms with Crippen LogP contribution in [0.4, 0.5) is 4.79 Å². The number of sulfone groups is 1. The fourth-order valence-corrected chi connectivity index (χ4v) is 6.96. The van der Waals surface area contributed by atoms with Gasteiger partial charge in [0.15, 0.2) is 9.84 Å². The second-order valence-electron chi connectivity index (χ2n) is 9.98. The Morgan fingerprint density at radius 2 is 1.75 bits per heavy atom. The maximum absolute atomic E-state index is 12.5. The van der Waals surface area contributed by atoms with Gasteiger partial charge in [0.05, 0.1) is 26.8 Å². The third-order valence-corrected chi connectivity index (χ3v) is 9.46. The van der Waals surface area contributed by atoms with E-state index in [1.54, 1.807) is 13.0 Å². The predicted octanol–water partition coefficient (Wildman–Crippen LogP) is 5.09. The van der Waals surface area contributed by atoms with E-state index in [1.807, 2.05) is 18.7 Å². The zero-order chi connectivity index (χ0) is 25.6. The molecule has 11 heteroatoms. The summed E-state index contributed by atoms with van der Waals surface area (Å²) in [7, 11) is -3.35. The predicted molar refractivity (Wildman–Crippen MR) is 132 cm³/mol. The van der Waals surface area contributed by atoms with Gasteiger partial charge < -0.3 is 19.1 Å². The first-order valence-electron chi connectivity index (χ1n) is 12.3. The minimum atomic E-state index is -3.35. The quantitative estimate of drug-likeness (QED) is 0.482. The van der Waals surface area contributed by atoms with Gasteiger partial charge in [0.25, 0.3) is 0 Å². The van der Waals surface area contributed by atoms with E-state index in [4.69, 9.17) is 25.8 Å². The van der Waals surface area contributed by atoms with E-state index < -0.39 is 9.84 Å². The summed E-state index contributed by atoms with van der Waals surface area (Å²) in [5, 5.41) is -0.124. The van der Waals surface area contributed by atoms with Crippen molar-refractivity contribution in [2.45, 2.75) is 93.7 Å². The molecule has 1 aliphatic carbocycles. The monoisotopic (exact) mass is 535 g/mol. The second-order valence-corrected chi connectivity index (χ2v) is 12.6. The van der Waals surface area contributed by atoms with Crippen molar-refractivity contribution in [3.05, 3.63) is 35.1 Å². The molecule has 36 heavy (non-hydrogen) atoms. The molecule has 194 valence electrons. The van der Waals surface area contributed by atoms with Crippen LogP contribution in [0.25, 0.3) is 0 Å². The molecule has 2 aromatic rings. The van der Waals surface area contributed by atoms with Gasteiger partial charge in [-0.3, -0.25) is 0 Å². The summed E-state index contributed by atoms with van der Waals surface area (Å²) in [5.41, 5.74) is 0.609. The summed E-state index contributed by atoms with van der Waals surface area (Å²) < 4.78 is 42.6. The highest BCUT2D eigenvalue weighted by atomic mass is 35.5. The number of benzene rings is 1. The summed E-state index contributed by atoms with van der Waals surface area (Å²) in [6, 6.07) is 4.65. The summed E-state index contributed by atoms with van der Waals surface area (Å²) >= 11 is 6.36. The Hall–Kier alpha value is -2.59. The van der Waals surface area contributed by atoms with Gasteiger partial charge in [0, 0.05) is 24.9 Å². The molecule has 1 saturated carbocycles. The Balaban J connectivity index is 1.27. The first kappa shape index (κ1) is 25.1. The zero-order valence-corrected chi connectivity index (χ0v) is 22.1. The van der Waals surface area contributed by atoms with Crippen molar-refractivity contribution in [2.24, 2.45) is 0 Å². The van der Waals surface area contributed by atoms with Gasteiger partial charge in [0.2, 0.25) is 11.8 Å². The van der Waals surface area contributed by atoms with Gasteiger partial charge in [-0.25, -0.2) is 23.2 Å². The molecular formula is C25H30ClN3O6S. The van der Waals surface area contributed by atoms with E-state index in [2.05, 4.69) is 9.97 Å². The summed E-state index contributed by atoms with van der Waals surface area (Å²) in [6.45, 7) is 5.50. The molecule has 1 aromatic heterocycles. The molecule has 3 aliphatic rings. The lowest BCUT2D eigenvalue weighted by Crippen LogP contribution is -2.50. The van der Waals surface area contributed by atoms with E-state index in [9.17, 15) is 13.2 Å². The van der Waals surface area contributed by atoms with Crippen molar-refractivity contribution in [3.63, 3.8) is 0 Å². The smallest absolute Gasteiger partial charge is 0.410 e. The Bertz CT molecular complexity index is 1250. The number of nitrogens with zero attached hydrogens (tertiary/aromatic N) is 3. The highest BCUT2D eigenvalue weighted by molar-refractivity contribution is 7.92. The number of rotatable bonds is 7. The van der Waals surface area contributed by atoms with E-state index in [-0.39, 0.29) is 51.4 Å². The molecule has 2 saturated heterocycles. The molecular weight excluding hydrogens is 506 g/mol. The number of hydrogen-bond acceptors (Lipinski definition) is 8. The lowest BCUT2D eigenvalue weighted by Gasteiger charge is -2.38. The van der Waals surface area contributed by atoms with Crippen LogP contribution in [0.3, 0.4) is 0 Å². The number of carbonyl (C=O) groups excluding carboxylic acids is 1. The van der Waals surface area contributed by atoms with Crippen LogP contribution in [-0.4, -0.2) is 58.9 Å². The van der Waals surface area contributed by atoms with Crippen molar-refractivity contribution in [3.8, 4) is 17.5 Å². The summed E-state index contributed by atoms with van der Waals surface area (Å²) in [6.07, 6.45) is 5.49. The van der Waals surface area contributed by atoms with Crippen LogP contribution in [0.1, 0.15) is 57.9 Å². The fraction of sp³-hybridized carbons (Fsp3) is 0.560.